The Bertz CT molecular complexity index is 393. The average Bonchev–Trinajstić information content (AvgIpc) is 2.38. The minimum absolute atomic E-state index is 0.262. The number of rotatable bonds is 2. The molecule has 1 aromatic carbocycles. The molecule has 0 amide bonds. The Labute approximate surface area is 104 Å². The van der Waals surface area contributed by atoms with Crippen LogP contribution in [0.2, 0.25) is 0 Å². The molecule has 17 heavy (non-hydrogen) atoms. The van der Waals surface area contributed by atoms with E-state index in [4.69, 9.17) is 0 Å². The topological polar surface area (TPSA) is 20.2 Å². The van der Waals surface area contributed by atoms with Crippen molar-refractivity contribution in [3.8, 4) is 0 Å². The van der Waals surface area contributed by atoms with Crippen molar-refractivity contribution in [2.24, 2.45) is 23.2 Å². The van der Waals surface area contributed by atoms with Gasteiger partial charge < -0.3 is 5.11 Å². The van der Waals surface area contributed by atoms with Crippen molar-refractivity contribution < 1.29 is 5.11 Å². The largest absolute Gasteiger partial charge is 0.388 e. The molecular weight excluding hydrogens is 208 g/mol. The molecule has 0 aromatic heterocycles. The first-order chi connectivity index (χ1) is 8.10. The maximum absolute atomic E-state index is 10.6. The van der Waals surface area contributed by atoms with Gasteiger partial charge in [-0.25, -0.2) is 0 Å². The fourth-order valence-corrected chi connectivity index (χ4v) is 4.14. The van der Waals surface area contributed by atoms with Crippen molar-refractivity contribution in [2.75, 3.05) is 0 Å². The molecule has 3 saturated carbocycles. The van der Waals surface area contributed by atoms with E-state index in [9.17, 15) is 5.11 Å². The third kappa shape index (κ3) is 1.63. The van der Waals surface area contributed by atoms with Gasteiger partial charge in [0.05, 0.1) is 6.10 Å². The molecule has 92 valence electrons. The number of hydrogen-bond donors (Lipinski definition) is 1. The SMILES string of the molecule is CC1(C)[C@H]2CC[C@H]([C@H](O)c3ccccc3)[C@@H]1C2. The minimum atomic E-state index is -0.262. The lowest BCUT2D eigenvalue weighted by Crippen LogP contribution is -2.53. The maximum Gasteiger partial charge on any atom is 0.0821 e. The maximum atomic E-state index is 10.6. The number of aliphatic hydroxyl groups is 1. The van der Waals surface area contributed by atoms with Gasteiger partial charge in [0.1, 0.15) is 0 Å². The Kier molecular flexibility index (Phi) is 2.55. The fourth-order valence-electron chi connectivity index (χ4n) is 4.14. The highest BCUT2D eigenvalue weighted by atomic mass is 16.3. The molecule has 4 rings (SSSR count). The third-order valence-electron chi connectivity index (χ3n) is 5.46. The normalized spacial score (nSPS) is 36.1. The van der Waals surface area contributed by atoms with E-state index < -0.39 is 0 Å². The summed E-state index contributed by atoms with van der Waals surface area (Å²) >= 11 is 0. The molecule has 0 heterocycles. The molecule has 3 aliphatic rings. The monoisotopic (exact) mass is 230 g/mol. The second kappa shape index (κ2) is 3.84. The predicted octanol–water partition coefficient (Wildman–Crippen LogP) is 3.79. The summed E-state index contributed by atoms with van der Waals surface area (Å²) in [6, 6.07) is 10.2. The van der Waals surface area contributed by atoms with E-state index in [2.05, 4.69) is 26.0 Å². The van der Waals surface area contributed by atoms with Gasteiger partial charge in [0, 0.05) is 0 Å². The van der Waals surface area contributed by atoms with Crippen LogP contribution in [0.1, 0.15) is 44.8 Å². The summed E-state index contributed by atoms with van der Waals surface area (Å²) in [6.07, 6.45) is 3.58. The standard InChI is InChI=1S/C16H22O/c1-16(2)12-8-9-13(14(16)10-12)15(17)11-6-4-3-5-7-11/h3-7,12-15,17H,8-10H2,1-2H3/t12-,13-,14-,15+/m0/s1. The van der Waals surface area contributed by atoms with Crippen LogP contribution in [-0.2, 0) is 0 Å². The minimum Gasteiger partial charge on any atom is -0.388 e. The van der Waals surface area contributed by atoms with E-state index in [0.717, 1.165) is 17.4 Å². The van der Waals surface area contributed by atoms with Gasteiger partial charge in [-0.3, -0.25) is 0 Å². The highest BCUT2D eigenvalue weighted by molar-refractivity contribution is 5.20. The first-order valence-corrected chi connectivity index (χ1v) is 6.83. The quantitative estimate of drug-likeness (QED) is 0.819. The van der Waals surface area contributed by atoms with Crippen LogP contribution in [-0.4, -0.2) is 5.11 Å². The molecule has 0 radical (unpaired) electrons. The van der Waals surface area contributed by atoms with Gasteiger partial charge in [0.25, 0.3) is 0 Å². The summed E-state index contributed by atoms with van der Waals surface area (Å²) < 4.78 is 0. The van der Waals surface area contributed by atoms with Crippen LogP contribution >= 0.6 is 0 Å². The van der Waals surface area contributed by atoms with Crippen LogP contribution in [0, 0.1) is 23.2 Å². The Morgan fingerprint density at radius 1 is 1.18 bits per heavy atom. The molecule has 0 unspecified atom stereocenters. The van der Waals surface area contributed by atoms with Gasteiger partial charge in [-0.15, -0.1) is 0 Å². The van der Waals surface area contributed by atoms with Gasteiger partial charge >= 0.3 is 0 Å². The van der Waals surface area contributed by atoms with Crippen molar-refractivity contribution >= 4 is 0 Å². The van der Waals surface area contributed by atoms with E-state index in [-0.39, 0.29) is 6.10 Å². The van der Waals surface area contributed by atoms with Crippen molar-refractivity contribution in [1.82, 2.24) is 0 Å². The molecule has 3 aliphatic carbocycles. The fraction of sp³-hybridized carbons (Fsp3) is 0.625. The van der Waals surface area contributed by atoms with E-state index in [1.165, 1.54) is 19.3 Å². The lowest BCUT2D eigenvalue weighted by atomic mass is 9.44. The second-order valence-electron chi connectivity index (χ2n) is 6.46. The summed E-state index contributed by atoms with van der Waals surface area (Å²) in [7, 11) is 0. The summed E-state index contributed by atoms with van der Waals surface area (Å²) in [5, 5.41) is 10.6. The molecule has 0 aliphatic heterocycles. The van der Waals surface area contributed by atoms with Crippen LogP contribution in [0.4, 0.5) is 0 Å². The molecule has 3 fully saturated rings. The molecule has 1 aromatic rings. The van der Waals surface area contributed by atoms with Crippen LogP contribution in [0.3, 0.4) is 0 Å². The summed E-state index contributed by atoms with van der Waals surface area (Å²) in [6.45, 7) is 4.77. The molecule has 4 atom stereocenters. The Hall–Kier alpha value is -0.820. The van der Waals surface area contributed by atoms with Crippen molar-refractivity contribution in [3.63, 3.8) is 0 Å². The third-order valence-corrected chi connectivity index (χ3v) is 5.46. The Morgan fingerprint density at radius 3 is 2.47 bits per heavy atom. The summed E-state index contributed by atoms with van der Waals surface area (Å²) in [5.74, 6) is 2.10. The highest BCUT2D eigenvalue weighted by Gasteiger charge is 2.55. The van der Waals surface area contributed by atoms with E-state index in [1.54, 1.807) is 0 Å². The van der Waals surface area contributed by atoms with Gasteiger partial charge in [-0.1, -0.05) is 44.2 Å². The first-order valence-electron chi connectivity index (χ1n) is 6.83. The van der Waals surface area contributed by atoms with Crippen LogP contribution < -0.4 is 0 Å². The number of hydrogen-bond acceptors (Lipinski definition) is 1. The van der Waals surface area contributed by atoms with Gasteiger partial charge in [-0.05, 0) is 48.0 Å². The second-order valence-corrected chi connectivity index (χ2v) is 6.46. The van der Waals surface area contributed by atoms with E-state index in [1.807, 2.05) is 18.2 Å². The average molecular weight is 230 g/mol. The zero-order valence-corrected chi connectivity index (χ0v) is 10.8. The van der Waals surface area contributed by atoms with Gasteiger partial charge in [-0.2, -0.15) is 0 Å². The Balaban J connectivity index is 1.81. The van der Waals surface area contributed by atoms with Crippen LogP contribution in [0.5, 0.6) is 0 Å². The number of aliphatic hydroxyl groups excluding tert-OH is 1. The number of fused-ring (bicyclic) bond motifs is 2. The molecular formula is C16H22O. The van der Waals surface area contributed by atoms with Crippen molar-refractivity contribution in [1.29, 1.82) is 0 Å². The van der Waals surface area contributed by atoms with Crippen molar-refractivity contribution in [2.45, 2.75) is 39.2 Å². The summed E-state index contributed by atoms with van der Waals surface area (Å²) in [5.41, 5.74) is 1.55. The van der Waals surface area contributed by atoms with E-state index >= 15 is 0 Å². The molecule has 0 saturated heterocycles. The molecule has 2 bridgehead atoms. The van der Waals surface area contributed by atoms with E-state index in [0.29, 0.717) is 11.3 Å². The Morgan fingerprint density at radius 2 is 1.88 bits per heavy atom. The predicted molar refractivity (Wildman–Crippen MR) is 69.5 cm³/mol. The van der Waals surface area contributed by atoms with Crippen LogP contribution in [0.25, 0.3) is 0 Å². The van der Waals surface area contributed by atoms with Crippen LogP contribution in [0.15, 0.2) is 30.3 Å². The number of benzene rings is 1. The van der Waals surface area contributed by atoms with Crippen molar-refractivity contribution in [3.05, 3.63) is 35.9 Å². The zero-order chi connectivity index (χ0) is 12.0. The molecule has 1 N–H and O–H groups in total. The smallest absolute Gasteiger partial charge is 0.0821 e. The molecule has 1 heteroatoms. The molecule has 0 spiro atoms. The summed E-state index contributed by atoms with van der Waals surface area (Å²) in [4.78, 5) is 0. The molecule has 1 nitrogen and oxygen atoms in total. The zero-order valence-electron chi connectivity index (χ0n) is 10.8. The highest BCUT2D eigenvalue weighted by Crippen LogP contribution is 2.63. The van der Waals surface area contributed by atoms with Gasteiger partial charge in [0.15, 0.2) is 0 Å². The van der Waals surface area contributed by atoms with Gasteiger partial charge in [0.2, 0.25) is 0 Å². The first kappa shape index (κ1) is 11.3. The lowest BCUT2D eigenvalue weighted by Gasteiger charge is -2.61. The lowest BCUT2D eigenvalue weighted by molar-refractivity contribution is -0.138.